The van der Waals surface area contributed by atoms with Crippen molar-refractivity contribution in [1.29, 1.82) is 0 Å². The van der Waals surface area contributed by atoms with Crippen LogP contribution in [0.3, 0.4) is 0 Å². The maximum absolute atomic E-state index is 12.4. The van der Waals surface area contributed by atoms with E-state index in [4.69, 9.17) is 16.3 Å². The number of hydrogen-bond donors (Lipinski definition) is 1. The third-order valence-corrected chi connectivity index (χ3v) is 4.49. The van der Waals surface area contributed by atoms with Gasteiger partial charge in [0.15, 0.2) is 0 Å². The molecule has 2 amide bonds. The molecule has 0 aromatic heterocycles. The fraction of sp³-hybridized carbons (Fsp3) is 0.222. The number of alkyl halides is 3. The highest BCUT2D eigenvalue weighted by Gasteiger charge is 2.35. The van der Waals surface area contributed by atoms with Gasteiger partial charge in [0, 0.05) is 22.7 Å². The lowest BCUT2D eigenvalue weighted by molar-refractivity contribution is -0.274. The van der Waals surface area contributed by atoms with E-state index in [1.54, 1.807) is 6.07 Å². The Balaban J connectivity index is 1.46. The van der Waals surface area contributed by atoms with Crippen molar-refractivity contribution < 1.29 is 27.4 Å². The molecule has 2 aromatic carbocycles. The van der Waals surface area contributed by atoms with Gasteiger partial charge in [-0.2, -0.15) is 10.1 Å². The summed E-state index contributed by atoms with van der Waals surface area (Å²) >= 11 is 6.01. The van der Waals surface area contributed by atoms with Crippen molar-refractivity contribution in [2.45, 2.75) is 18.9 Å². The zero-order valence-corrected chi connectivity index (χ0v) is 14.9. The number of urea groups is 1. The summed E-state index contributed by atoms with van der Waals surface area (Å²) < 4.78 is 46.1. The molecule has 2 aromatic rings. The van der Waals surface area contributed by atoms with Crippen molar-refractivity contribution in [2.75, 3.05) is 12.0 Å². The first-order valence-electron chi connectivity index (χ1n) is 8.22. The highest BCUT2D eigenvalue weighted by molar-refractivity contribution is 6.31. The number of hydrazone groups is 1. The minimum absolute atomic E-state index is 0.0447. The quantitative estimate of drug-likeness (QED) is 0.797. The number of anilines is 1. The van der Waals surface area contributed by atoms with Gasteiger partial charge in [-0.25, -0.2) is 4.79 Å². The number of ether oxygens (including phenoxy) is 2. The van der Waals surface area contributed by atoms with Crippen molar-refractivity contribution in [3.63, 3.8) is 0 Å². The molecule has 0 saturated heterocycles. The summed E-state index contributed by atoms with van der Waals surface area (Å²) in [5.74, 6) is -0.379. The van der Waals surface area contributed by atoms with Crippen LogP contribution in [0.2, 0.25) is 5.02 Å². The number of halogens is 4. The lowest BCUT2D eigenvalue weighted by Gasteiger charge is -2.26. The summed E-state index contributed by atoms with van der Waals surface area (Å²) in [4.78, 5) is 12.4. The molecule has 6 nitrogen and oxygen atoms in total. The van der Waals surface area contributed by atoms with Gasteiger partial charge in [-0.3, -0.25) is 0 Å². The number of fused-ring (bicyclic) bond motifs is 3. The molecule has 146 valence electrons. The zero-order valence-electron chi connectivity index (χ0n) is 14.2. The number of carbonyl (C=O) groups is 1. The molecule has 0 radical (unpaired) electrons. The van der Waals surface area contributed by atoms with Crippen molar-refractivity contribution in [3.8, 4) is 5.75 Å². The molecule has 0 bridgehead atoms. The number of rotatable bonds is 2. The molecular formula is C18H13ClF3N3O3. The van der Waals surface area contributed by atoms with E-state index in [1.807, 2.05) is 12.1 Å². The van der Waals surface area contributed by atoms with E-state index >= 15 is 0 Å². The van der Waals surface area contributed by atoms with Crippen LogP contribution in [0.5, 0.6) is 5.75 Å². The Bertz CT molecular complexity index is 947. The Morgan fingerprint density at radius 1 is 1.25 bits per heavy atom. The Kier molecular flexibility index (Phi) is 4.64. The predicted molar refractivity (Wildman–Crippen MR) is 95.4 cm³/mol. The minimum Gasteiger partial charge on any atom is -0.406 e. The highest BCUT2D eigenvalue weighted by Crippen LogP contribution is 2.30. The van der Waals surface area contributed by atoms with Crippen LogP contribution >= 0.6 is 11.6 Å². The zero-order chi connectivity index (χ0) is 19.9. The van der Waals surface area contributed by atoms with Gasteiger partial charge in [-0.05, 0) is 42.0 Å². The molecule has 1 heterocycles. The first kappa shape index (κ1) is 18.6. The second-order valence-electron chi connectivity index (χ2n) is 6.18. The lowest BCUT2D eigenvalue weighted by Crippen LogP contribution is -2.41. The van der Waals surface area contributed by atoms with E-state index in [2.05, 4.69) is 15.2 Å². The highest BCUT2D eigenvalue weighted by atomic mass is 35.5. The van der Waals surface area contributed by atoms with Gasteiger partial charge in [0.05, 0.1) is 5.71 Å². The summed E-state index contributed by atoms with van der Waals surface area (Å²) in [5.41, 5.74) is 2.81. The molecule has 10 heteroatoms. The molecule has 4 rings (SSSR count). The van der Waals surface area contributed by atoms with Gasteiger partial charge in [-0.1, -0.05) is 17.7 Å². The van der Waals surface area contributed by atoms with E-state index in [9.17, 15) is 18.0 Å². The third kappa shape index (κ3) is 3.90. The van der Waals surface area contributed by atoms with Gasteiger partial charge in [0.1, 0.15) is 18.6 Å². The van der Waals surface area contributed by atoms with Gasteiger partial charge < -0.3 is 14.8 Å². The largest absolute Gasteiger partial charge is 0.573 e. The van der Waals surface area contributed by atoms with Gasteiger partial charge >= 0.3 is 12.4 Å². The maximum Gasteiger partial charge on any atom is 0.573 e. The van der Waals surface area contributed by atoms with Crippen molar-refractivity contribution >= 4 is 29.0 Å². The second-order valence-corrected chi connectivity index (χ2v) is 6.61. The van der Waals surface area contributed by atoms with Crippen LogP contribution in [0, 0.1) is 0 Å². The van der Waals surface area contributed by atoms with Crippen LogP contribution in [0.4, 0.5) is 23.7 Å². The number of carbonyl (C=O) groups excluding carboxylic acids is 1. The smallest absolute Gasteiger partial charge is 0.406 e. The van der Waals surface area contributed by atoms with Crippen LogP contribution in [0.25, 0.3) is 0 Å². The molecule has 0 unspecified atom stereocenters. The van der Waals surface area contributed by atoms with Crippen molar-refractivity contribution in [1.82, 2.24) is 5.01 Å². The molecular weight excluding hydrogens is 399 g/mol. The van der Waals surface area contributed by atoms with Crippen LogP contribution < -0.4 is 10.1 Å². The van der Waals surface area contributed by atoms with Gasteiger partial charge in [-0.15, -0.1) is 13.2 Å². The predicted octanol–water partition coefficient (Wildman–Crippen LogP) is 4.39. The standard InChI is InChI=1S/C18H13ClF3N3O3/c19-11-1-6-14-10(7-11)8-15-16(14)24-25(9-27-15)17(26)23-12-2-4-13(5-3-12)28-18(20,21)22/h1-7,15H,8-9H2,(H,23,26)/t15-/m0/s1. The lowest BCUT2D eigenvalue weighted by atomic mass is 10.1. The van der Waals surface area contributed by atoms with Crippen LogP contribution in [0.15, 0.2) is 47.6 Å². The second kappa shape index (κ2) is 6.99. The summed E-state index contributed by atoms with van der Waals surface area (Å²) in [6, 6.07) is 9.66. The molecule has 28 heavy (non-hydrogen) atoms. The Hall–Kier alpha value is -2.78. The summed E-state index contributed by atoms with van der Waals surface area (Å²) in [5, 5.41) is 8.67. The Labute approximate surface area is 162 Å². The minimum atomic E-state index is -4.77. The van der Waals surface area contributed by atoms with E-state index in [1.165, 1.54) is 12.1 Å². The molecule has 0 fully saturated rings. The van der Waals surface area contributed by atoms with Gasteiger partial charge in [0.25, 0.3) is 0 Å². The first-order valence-corrected chi connectivity index (χ1v) is 8.59. The average molecular weight is 412 g/mol. The number of nitrogens with one attached hydrogen (secondary N) is 1. The van der Waals surface area contributed by atoms with Crippen LogP contribution in [-0.2, 0) is 11.2 Å². The Morgan fingerprint density at radius 2 is 2.00 bits per heavy atom. The van der Waals surface area contributed by atoms with Crippen LogP contribution in [0.1, 0.15) is 11.1 Å². The fourth-order valence-electron chi connectivity index (χ4n) is 3.06. The number of hydrogen-bond acceptors (Lipinski definition) is 4. The van der Waals surface area contributed by atoms with E-state index in [-0.39, 0.29) is 18.6 Å². The van der Waals surface area contributed by atoms with E-state index in [0.717, 1.165) is 28.3 Å². The summed E-state index contributed by atoms with van der Waals surface area (Å²) in [7, 11) is 0. The number of benzene rings is 2. The van der Waals surface area contributed by atoms with E-state index in [0.29, 0.717) is 22.8 Å². The van der Waals surface area contributed by atoms with Crippen molar-refractivity contribution in [2.24, 2.45) is 5.10 Å². The third-order valence-electron chi connectivity index (χ3n) is 4.25. The molecule has 0 saturated carbocycles. The van der Waals surface area contributed by atoms with Gasteiger partial charge in [0.2, 0.25) is 0 Å². The fourth-order valence-corrected chi connectivity index (χ4v) is 3.25. The first-order chi connectivity index (χ1) is 13.3. The van der Waals surface area contributed by atoms with Crippen molar-refractivity contribution in [3.05, 3.63) is 58.6 Å². The molecule has 1 atom stereocenters. The SMILES string of the molecule is O=C(Nc1ccc(OC(F)(F)F)cc1)N1CO[C@H]2Cc3cc(Cl)ccc3C2=N1. The van der Waals surface area contributed by atoms with E-state index < -0.39 is 12.4 Å². The normalized spacial score (nSPS) is 18.2. The Morgan fingerprint density at radius 3 is 2.71 bits per heavy atom. The molecule has 2 aliphatic rings. The molecule has 1 aliphatic heterocycles. The number of nitrogens with zero attached hydrogens (tertiary/aromatic N) is 2. The summed E-state index contributed by atoms with van der Waals surface area (Å²) in [6.07, 6.45) is -4.38. The molecule has 1 aliphatic carbocycles. The van der Waals surface area contributed by atoms with Crippen LogP contribution in [-0.4, -0.2) is 35.9 Å². The molecule has 0 spiro atoms. The monoisotopic (exact) mass is 411 g/mol. The maximum atomic E-state index is 12.4. The topological polar surface area (TPSA) is 63.2 Å². The summed E-state index contributed by atoms with van der Waals surface area (Å²) in [6.45, 7) is -0.0447. The average Bonchev–Trinajstić information content (AvgIpc) is 2.98. The number of amides is 2. The molecule has 1 N–H and O–H groups in total.